The summed E-state index contributed by atoms with van der Waals surface area (Å²) in [6.07, 6.45) is 13.9. The van der Waals surface area contributed by atoms with Gasteiger partial charge in [0.05, 0.1) is 0 Å². The van der Waals surface area contributed by atoms with Crippen LogP contribution in [0.1, 0.15) is 101 Å². The molecule has 0 aromatic carbocycles. The summed E-state index contributed by atoms with van der Waals surface area (Å²) in [7, 11) is 0. The number of hydrogen-bond donors (Lipinski definition) is 0. The van der Waals surface area contributed by atoms with Gasteiger partial charge in [0.2, 0.25) is 5.82 Å². The normalized spacial score (nSPS) is 29.6. The van der Waals surface area contributed by atoms with Crippen LogP contribution in [-0.2, 0) is 6.18 Å². The number of unbranched alkanes of at least 4 members (excludes halogenated alkanes) is 2. The lowest BCUT2D eigenvalue weighted by Gasteiger charge is -2.38. The molecule has 2 saturated carbocycles. The number of nitrogens with zero attached hydrogens (tertiary/aromatic N) is 2. The van der Waals surface area contributed by atoms with E-state index in [0.717, 1.165) is 36.2 Å². The molecular formula is C22H33F3N2. The molecule has 1 heterocycles. The van der Waals surface area contributed by atoms with Crippen molar-refractivity contribution in [2.75, 3.05) is 0 Å². The van der Waals surface area contributed by atoms with Crippen molar-refractivity contribution in [3.05, 3.63) is 23.8 Å². The van der Waals surface area contributed by atoms with Gasteiger partial charge in [0.1, 0.15) is 0 Å². The topological polar surface area (TPSA) is 25.8 Å². The molecule has 5 heteroatoms. The van der Waals surface area contributed by atoms with Gasteiger partial charge in [-0.1, -0.05) is 45.4 Å². The Morgan fingerprint density at radius 1 is 0.852 bits per heavy atom. The molecule has 0 radical (unpaired) electrons. The van der Waals surface area contributed by atoms with Crippen molar-refractivity contribution in [2.45, 2.75) is 96.1 Å². The first-order chi connectivity index (χ1) is 13.0. The molecule has 0 saturated heterocycles. The highest BCUT2D eigenvalue weighted by molar-refractivity contribution is 5.13. The number of aromatic nitrogens is 2. The third-order valence-corrected chi connectivity index (χ3v) is 6.94. The molecule has 2 fully saturated rings. The molecule has 0 N–H and O–H groups in total. The largest absolute Gasteiger partial charge is 0.451 e. The summed E-state index contributed by atoms with van der Waals surface area (Å²) >= 11 is 0. The molecule has 2 aliphatic rings. The predicted octanol–water partition coefficient (Wildman–Crippen LogP) is 7.16. The number of halogens is 3. The van der Waals surface area contributed by atoms with Crippen molar-refractivity contribution in [1.29, 1.82) is 0 Å². The third-order valence-electron chi connectivity index (χ3n) is 6.94. The third kappa shape index (κ3) is 5.68. The summed E-state index contributed by atoms with van der Waals surface area (Å²) in [6, 6.07) is 0. The molecule has 2 aliphatic carbocycles. The Labute approximate surface area is 161 Å². The van der Waals surface area contributed by atoms with Crippen LogP contribution in [-0.4, -0.2) is 9.97 Å². The van der Waals surface area contributed by atoms with Gasteiger partial charge in [-0.2, -0.15) is 13.2 Å². The van der Waals surface area contributed by atoms with Crippen LogP contribution in [0.3, 0.4) is 0 Å². The van der Waals surface area contributed by atoms with Crippen LogP contribution >= 0.6 is 0 Å². The zero-order valence-electron chi connectivity index (χ0n) is 16.5. The minimum Gasteiger partial charge on any atom is -0.233 e. The first-order valence-corrected chi connectivity index (χ1v) is 10.9. The van der Waals surface area contributed by atoms with Gasteiger partial charge in [-0.3, -0.25) is 0 Å². The molecule has 0 spiro atoms. The van der Waals surface area contributed by atoms with Crippen LogP contribution in [0.2, 0.25) is 0 Å². The smallest absolute Gasteiger partial charge is 0.233 e. The van der Waals surface area contributed by atoms with Crippen LogP contribution in [0, 0.1) is 17.8 Å². The zero-order valence-corrected chi connectivity index (χ0v) is 16.5. The van der Waals surface area contributed by atoms with Crippen LogP contribution in [0.5, 0.6) is 0 Å². The second kappa shape index (κ2) is 9.38. The number of alkyl halides is 3. The lowest BCUT2D eigenvalue weighted by atomic mass is 9.68. The van der Waals surface area contributed by atoms with E-state index < -0.39 is 12.0 Å². The fourth-order valence-electron chi connectivity index (χ4n) is 5.25. The molecule has 0 unspecified atom stereocenters. The maximum Gasteiger partial charge on any atom is 0.451 e. The Morgan fingerprint density at radius 2 is 1.41 bits per heavy atom. The molecule has 0 aliphatic heterocycles. The average Bonchev–Trinajstić information content (AvgIpc) is 2.68. The molecule has 2 nitrogen and oxygen atoms in total. The Bertz CT molecular complexity index is 554. The van der Waals surface area contributed by atoms with Crippen LogP contribution in [0.4, 0.5) is 13.2 Å². The minimum atomic E-state index is -4.45. The van der Waals surface area contributed by atoms with E-state index in [1.54, 1.807) is 0 Å². The van der Waals surface area contributed by atoms with Crippen LogP contribution in [0.15, 0.2) is 12.4 Å². The average molecular weight is 383 g/mol. The summed E-state index contributed by atoms with van der Waals surface area (Å²) < 4.78 is 37.8. The second-order valence-electron chi connectivity index (χ2n) is 8.73. The molecule has 0 amide bonds. The Hall–Kier alpha value is -1.13. The van der Waals surface area contributed by atoms with Gasteiger partial charge < -0.3 is 0 Å². The highest BCUT2D eigenvalue weighted by atomic mass is 19.4. The first-order valence-electron chi connectivity index (χ1n) is 10.9. The van der Waals surface area contributed by atoms with E-state index in [4.69, 9.17) is 0 Å². The van der Waals surface area contributed by atoms with Gasteiger partial charge >= 0.3 is 6.18 Å². The lowest BCUT2D eigenvalue weighted by molar-refractivity contribution is -0.145. The summed E-state index contributed by atoms with van der Waals surface area (Å²) in [5, 5.41) is 0. The lowest BCUT2D eigenvalue weighted by Crippen LogP contribution is -2.25. The van der Waals surface area contributed by atoms with Crippen molar-refractivity contribution in [3.63, 3.8) is 0 Å². The fourth-order valence-corrected chi connectivity index (χ4v) is 5.25. The van der Waals surface area contributed by atoms with E-state index in [1.807, 2.05) is 0 Å². The second-order valence-corrected chi connectivity index (χ2v) is 8.73. The minimum absolute atomic E-state index is 0.328. The van der Waals surface area contributed by atoms with Gasteiger partial charge in [-0.05, 0) is 67.8 Å². The monoisotopic (exact) mass is 382 g/mol. The molecule has 3 rings (SSSR count). The Morgan fingerprint density at radius 3 is 1.93 bits per heavy atom. The van der Waals surface area contributed by atoms with Crippen molar-refractivity contribution >= 4 is 0 Å². The van der Waals surface area contributed by atoms with E-state index in [-0.39, 0.29) is 0 Å². The highest BCUT2D eigenvalue weighted by Crippen LogP contribution is 2.44. The van der Waals surface area contributed by atoms with Crippen molar-refractivity contribution in [2.24, 2.45) is 17.8 Å². The molecular weight excluding hydrogens is 349 g/mol. The van der Waals surface area contributed by atoms with Gasteiger partial charge in [0.15, 0.2) is 0 Å². The standard InChI is InChI=1S/C22H33F3N2/c1-2-3-4-5-16-6-8-17(9-7-16)18-10-12-19(13-11-18)20-14-26-21(27-15-20)22(23,24)25/h14-19H,2-13H2,1H3/t16-,17-,18-,19-. The summed E-state index contributed by atoms with van der Waals surface area (Å²) in [6.45, 7) is 2.27. The number of rotatable bonds is 6. The van der Waals surface area contributed by atoms with Gasteiger partial charge in [0, 0.05) is 12.4 Å². The fraction of sp³-hybridized carbons (Fsp3) is 0.818. The van der Waals surface area contributed by atoms with Gasteiger partial charge in [-0.15, -0.1) is 0 Å². The maximum atomic E-state index is 12.6. The molecule has 0 atom stereocenters. The highest BCUT2D eigenvalue weighted by Gasteiger charge is 2.35. The van der Waals surface area contributed by atoms with Crippen LogP contribution in [0.25, 0.3) is 0 Å². The van der Waals surface area contributed by atoms with Crippen molar-refractivity contribution < 1.29 is 13.2 Å². The van der Waals surface area contributed by atoms with Gasteiger partial charge in [-0.25, -0.2) is 9.97 Å². The van der Waals surface area contributed by atoms with Crippen molar-refractivity contribution in [1.82, 2.24) is 9.97 Å². The number of hydrogen-bond acceptors (Lipinski definition) is 2. The van der Waals surface area contributed by atoms with Crippen LogP contribution < -0.4 is 0 Å². The van der Waals surface area contributed by atoms with E-state index in [2.05, 4.69) is 16.9 Å². The molecule has 1 aromatic heterocycles. The molecule has 1 aromatic rings. The summed E-state index contributed by atoms with van der Waals surface area (Å²) in [5.74, 6) is 1.93. The van der Waals surface area contributed by atoms with E-state index in [0.29, 0.717) is 5.92 Å². The molecule has 152 valence electrons. The molecule has 27 heavy (non-hydrogen) atoms. The van der Waals surface area contributed by atoms with Gasteiger partial charge in [0.25, 0.3) is 0 Å². The van der Waals surface area contributed by atoms with E-state index >= 15 is 0 Å². The Kier molecular flexibility index (Phi) is 7.16. The van der Waals surface area contributed by atoms with E-state index in [9.17, 15) is 13.2 Å². The molecule has 0 bridgehead atoms. The summed E-state index contributed by atoms with van der Waals surface area (Å²) in [5.41, 5.74) is 0.876. The zero-order chi connectivity index (χ0) is 19.3. The Balaban J connectivity index is 1.43. The SMILES string of the molecule is CCCCC[C@H]1CC[C@H]([C@H]2CC[C@H](c3cnc(C(F)(F)F)nc3)CC2)CC1. The predicted molar refractivity (Wildman–Crippen MR) is 101 cm³/mol. The van der Waals surface area contributed by atoms with E-state index in [1.165, 1.54) is 76.6 Å². The quantitative estimate of drug-likeness (QED) is 0.488. The summed E-state index contributed by atoms with van der Waals surface area (Å²) in [4.78, 5) is 7.07. The van der Waals surface area contributed by atoms with Crippen molar-refractivity contribution in [3.8, 4) is 0 Å². The first kappa shape index (κ1) is 20.6. The maximum absolute atomic E-state index is 12.6.